The molecule has 6 heterocycles. The number of rotatable bonds is 12. The fourth-order valence-corrected chi connectivity index (χ4v) is 11.2. The minimum absolute atomic E-state index is 0.000986. The second-order valence-electron chi connectivity index (χ2n) is 22.4. The van der Waals surface area contributed by atoms with Gasteiger partial charge in [0.15, 0.2) is 5.67 Å². The van der Waals surface area contributed by atoms with Crippen molar-refractivity contribution in [3.05, 3.63) is 70.4 Å². The number of morpholine rings is 1. The predicted octanol–water partition coefficient (Wildman–Crippen LogP) is 5.88. The molecular formula is C55H80FN9O8S. The molecular weight excluding hydrogens is 966 g/mol. The number of piperidine rings is 1. The van der Waals surface area contributed by atoms with Gasteiger partial charge in [0.1, 0.15) is 18.1 Å². The van der Waals surface area contributed by atoms with Crippen LogP contribution in [0.25, 0.3) is 5.57 Å². The number of esters is 1. The lowest BCUT2D eigenvalue weighted by molar-refractivity contribution is -0.156. The van der Waals surface area contributed by atoms with E-state index in [9.17, 15) is 24.0 Å². The maximum atomic E-state index is 16.9. The topological polar surface area (TPSA) is 169 Å². The van der Waals surface area contributed by atoms with E-state index in [0.29, 0.717) is 44.0 Å². The number of carbonyl (C=O) groups excluding carboxylic acids is 5. The number of likely N-dealkylation sites (tertiary alicyclic amines) is 1. The normalized spacial score (nSPS) is 25.1. The minimum atomic E-state index is -2.34. The number of halogens is 1. The first-order valence-electron chi connectivity index (χ1n) is 26.3. The molecule has 0 spiro atoms. The molecule has 17 nitrogen and oxygen atoms in total. The van der Waals surface area contributed by atoms with Crippen LogP contribution in [0.2, 0.25) is 0 Å². The van der Waals surface area contributed by atoms with Crippen molar-refractivity contribution in [2.75, 3.05) is 90.5 Å². The molecule has 4 amide bonds. The van der Waals surface area contributed by atoms with E-state index in [2.05, 4.69) is 70.4 Å². The lowest BCUT2D eigenvalue weighted by Crippen LogP contribution is -2.63. The van der Waals surface area contributed by atoms with Crippen molar-refractivity contribution in [3.63, 3.8) is 0 Å². The summed E-state index contributed by atoms with van der Waals surface area (Å²) in [5, 5.41) is 4.37. The van der Waals surface area contributed by atoms with Crippen molar-refractivity contribution < 1.29 is 42.6 Å². The Labute approximate surface area is 442 Å². The van der Waals surface area contributed by atoms with Crippen LogP contribution in [0, 0.1) is 11.3 Å². The number of ether oxygens (including phenoxy) is 3. The van der Waals surface area contributed by atoms with Crippen LogP contribution in [0.3, 0.4) is 0 Å². The number of fused-ring (bicyclic) bond motifs is 6. The van der Waals surface area contributed by atoms with Crippen LogP contribution in [0.5, 0.6) is 0 Å². The molecule has 3 saturated heterocycles. The number of nitrogens with one attached hydrogen (secondary N) is 2. The van der Waals surface area contributed by atoms with Crippen molar-refractivity contribution >= 4 is 59.2 Å². The average molecular weight is 1050 g/mol. The van der Waals surface area contributed by atoms with Gasteiger partial charge in [-0.25, -0.2) is 9.82 Å². The zero-order valence-corrected chi connectivity index (χ0v) is 46.5. The quantitative estimate of drug-likeness (QED) is 0.131. The van der Waals surface area contributed by atoms with Crippen LogP contribution in [0.15, 0.2) is 53.6 Å². The molecule has 0 aliphatic carbocycles. The Kier molecular flexibility index (Phi) is 17.6. The largest absolute Gasteiger partial charge is 0.464 e. The van der Waals surface area contributed by atoms with Crippen LogP contribution in [-0.4, -0.2) is 170 Å². The molecule has 7 rings (SSSR count). The second-order valence-corrected chi connectivity index (χ2v) is 22.9. The smallest absolute Gasteiger partial charge is 0.324 e. The van der Waals surface area contributed by atoms with Crippen LogP contribution >= 0.6 is 12.6 Å². The maximum Gasteiger partial charge on any atom is 0.324 e. The highest BCUT2D eigenvalue weighted by atomic mass is 32.1. The summed E-state index contributed by atoms with van der Waals surface area (Å²) in [7, 11) is 6.87. The number of methoxy groups -OCH3 is 1. The Bertz CT molecular complexity index is 2480. The first-order chi connectivity index (χ1) is 34.9. The Morgan fingerprint density at radius 3 is 2.46 bits per heavy atom. The number of anilines is 2. The molecule has 406 valence electrons. The molecule has 0 saturated carbocycles. The summed E-state index contributed by atoms with van der Waals surface area (Å²) in [6.45, 7) is 18.0. The third-order valence-corrected chi connectivity index (χ3v) is 16.5. The van der Waals surface area contributed by atoms with E-state index < -0.39 is 70.5 Å². The summed E-state index contributed by atoms with van der Waals surface area (Å²) < 4.78 is 35.2. The van der Waals surface area contributed by atoms with Gasteiger partial charge in [0, 0.05) is 123 Å². The third kappa shape index (κ3) is 12.0. The van der Waals surface area contributed by atoms with Crippen molar-refractivity contribution in [2.24, 2.45) is 11.3 Å². The Morgan fingerprint density at radius 2 is 1.80 bits per heavy atom. The average Bonchev–Trinajstić information content (AvgIpc) is 3.67. The van der Waals surface area contributed by atoms with E-state index in [4.69, 9.17) is 19.2 Å². The number of pyridine rings is 1. The molecule has 0 radical (unpaired) electrons. The molecule has 2 aromatic rings. The van der Waals surface area contributed by atoms with Gasteiger partial charge in [0.05, 0.1) is 37.2 Å². The third-order valence-electron chi connectivity index (χ3n) is 15.8. The Balaban J connectivity index is 1.16. The number of likely N-dealkylation sites (N-methyl/N-ethyl adjacent to an activating group) is 3. The predicted molar refractivity (Wildman–Crippen MR) is 287 cm³/mol. The highest BCUT2D eigenvalue weighted by Gasteiger charge is 2.48. The fraction of sp³-hybridized carbons (Fsp3) is 0.636. The van der Waals surface area contributed by atoms with E-state index in [0.717, 1.165) is 38.7 Å². The standard InChI is InChI=1S/C55H80FN9O8S/c1-13-64-43-19-18-36-28-39(43)40(48(64)38-16-14-22-57-46(38)35(4)71-12)31-53(5,6)33-73-51(69)41-17-15-23-65(59-41)50(68)42(29-37-32-63(36)26-27-72-37)58-49(67)47(34(2)3)61(11)52(70)55(56)20-24-62(25-21-55)45(66)30-44(74)54(7,8)60(9)10/h14,16,18-19,22,28,30-31,34-35,37,41-42,47-48,59,74H,13,15,17,20-21,23-27,29,32-33H2,1-12H3,(H,58,67)/b40-31+,44-30-/t35-,37-,41-,42-,47-,48?/m0/s1. The van der Waals surface area contributed by atoms with Crippen LogP contribution in [-0.2, 0) is 38.2 Å². The number of amides is 4. The maximum absolute atomic E-state index is 16.9. The molecule has 19 heteroatoms. The van der Waals surface area contributed by atoms with Crippen molar-refractivity contribution in [1.82, 2.24) is 35.4 Å². The SMILES string of the molecule is CCN1c2ccc3cc2/C(=C\C(C)(C)COC(=O)[C@@H]2CCCN(N2)C(=O)[C@@H](NC(=O)[C@H](C(C)C)N(C)C(=O)C2(F)CCN(C(=O)/C=C(\S)C(C)(C)N(C)C)CC2)C[C@H]2CN3CCO2)C1c1cccnc1[C@H](C)OC. The lowest BCUT2D eigenvalue weighted by Gasteiger charge is -2.41. The monoisotopic (exact) mass is 1050 g/mol. The van der Waals surface area contributed by atoms with Gasteiger partial charge < -0.3 is 39.1 Å². The van der Waals surface area contributed by atoms with E-state index in [-0.39, 0.29) is 63.6 Å². The van der Waals surface area contributed by atoms with Gasteiger partial charge in [-0.05, 0) is 90.4 Å². The highest BCUT2D eigenvalue weighted by Crippen LogP contribution is 2.52. The molecule has 5 aliphatic heterocycles. The minimum Gasteiger partial charge on any atom is -0.464 e. The fourth-order valence-electron chi connectivity index (χ4n) is 10.9. The number of nitrogens with zero attached hydrogens (tertiary/aromatic N) is 7. The number of benzene rings is 1. The van der Waals surface area contributed by atoms with Gasteiger partial charge in [-0.2, -0.15) is 0 Å². The van der Waals surface area contributed by atoms with Gasteiger partial charge in [-0.3, -0.25) is 38.9 Å². The summed E-state index contributed by atoms with van der Waals surface area (Å²) >= 11 is 4.59. The van der Waals surface area contributed by atoms with Crippen molar-refractivity contribution in [1.29, 1.82) is 0 Å². The number of hydrogen-bond donors (Lipinski definition) is 3. The summed E-state index contributed by atoms with van der Waals surface area (Å²) in [6, 6.07) is 7.15. The van der Waals surface area contributed by atoms with E-state index in [1.165, 1.54) is 23.0 Å². The molecule has 3 fully saturated rings. The second kappa shape index (κ2) is 23.0. The molecule has 74 heavy (non-hydrogen) atoms. The number of cyclic esters (lactones) is 1. The number of thiol groups is 1. The van der Waals surface area contributed by atoms with E-state index in [1.54, 1.807) is 27.2 Å². The summed E-state index contributed by atoms with van der Waals surface area (Å²) in [5.41, 5.74) is 5.62. The van der Waals surface area contributed by atoms with Crippen LogP contribution in [0.1, 0.15) is 116 Å². The first kappa shape index (κ1) is 56.6. The molecule has 5 aliphatic rings. The zero-order valence-electron chi connectivity index (χ0n) is 45.6. The number of carbonyl (C=O) groups is 5. The molecule has 1 aromatic heterocycles. The molecule has 2 N–H and O–H groups in total. The number of hydrazine groups is 1. The van der Waals surface area contributed by atoms with Gasteiger partial charge in [0.25, 0.3) is 11.8 Å². The Hall–Kier alpha value is -5.08. The van der Waals surface area contributed by atoms with Gasteiger partial charge in [-0.15, -0.1) is 12.6 Å². The van der Waals surface area contributed by atoms with E-state index >= 15 is 4.39 Å². The van der Waals surface area contributed by atoms with Crippen molar-refractivity contribution in [3.8, 4) is 0 Å². The Morgan fingerprint density at radius 1 is 1.08 bits per heavy atom. The van der Waals surface area contributed by atoms with Gasteiger partial charge in [0.2, 0.25) is 11.8 Å². The van der Waals surface area contributed by atoms with E-state index in [1.807, 2.05) is 59.7 Å². The zero-order chi connectivity index (χ0) is 54.0. The number of alkyl halides is 1. The van der Waals surface area contributed by atoms with Gasteiger partial charge in [-0.1, -0.05) is 39.8 Å². The number of aromatic nitrogens is 1. The highest BCUT2D eigenvalue weighted by molar-refractivity contribution is 7.84. The van der Waals surface area contributed by atoms with Crippen molar-refractivity contribution in [2.45, 2.75) is 135 Å². The molecule has 1 unspecified atom stereocenters. The van der Waals surface area contributed by atoms with Crippen LogP contribution in [0.4, 0.5) is 15.8 Å². The summed E-state index contributed by atoms with van der Waals surface area (Å²) in [4.78, 5) is 85.6. The molecule has 6 bridgehead atoms. The van der Waals surface area contributed by atoms with Crippen LogP contribution < -0.4 is 20.5 Å². The first-order valence-corrected chi connectivity index (χ1v) is 26.7. The summed E-state index contributed by atoms with van der Waals surface area (Å²) in [5.74, 6) is -3.29. The number of hydrogen-bond acceptors (Lipinski definition) is 14. The summed E-state index contributed by atoms with van der Waals surface area (Å²) in [6.07, 6.45) is 5.14. The lowest BCUT2D eigenvalue weighted by atomic mass is 9.85. The molecule has 6 atom stereocenters. The van der Waals surface area contributed by atoms with Gasteiger partial charge >= 0.3 is 5.97 Å². The molecule has 1 aromatic carbocycles.